The van der Waals surface area contributed by atoms with Crippen LogP contribution in [0.25, 0.3) is 0 Å². The van der Waals surface area contributed by atoms with Crippen LogP contribution in [-0.4, -0.2) is 72.4 Å². The number of methoxy groups -OCH3 is 1. The molecule has 9 heteroatoms. The summed E-state index contributed by atoms with van der Waals surface area (Å²) in [6.45, 7) is 6.45. The van der Waals surface area contributed by atoms with Gasteiger partial charge in [-0.1, -0.05) is 19.9 Å². The molecule has 0 aromatic heterocycles. The molecule has 0 aromatic carbocycles. The van der Waals surface area contributed by atoms with Gasteiger partial charge in [-0.05, 0) is 31.3 Å². The predicted octanol–water partition coefficient (Wildman–Crippen LogP) is 3.06. The predicted molar refractivity (Wildman–Crippen MR) is 98.5 cm³/mol. The Morgan fingerprint density at radius 2 is 1.96 bits per heavy atom. The number of carbonyl (C=O) groups is 2. The molecule has 0 aromatic rings. The Kier molecular flexibility index (Phi) is 9.16. The Bertz CT molecular complexity index is 596. The molecule has 0 saturated carbocycles. The molecular weight excluding hydrogens is 377 g/mol. The second-order valence-corrected chi connectivity index (χ2v) is 7.26. The second-order valence-electron chi connectivity index (χ2n) is 7.26. The van der Waals surface area contributed by atoms with E-state index in [0.29, 0.717) is 19.6 Å². The number of halogens is 3. The van der Waals surface area contributed by atoms with Crippen LogP contribution in [-0.2, 0) is 14.3 Å². The van der Waals surface area contributed by atoms with Gasteiger partial charge in [0, 0.05) is 32.9 Å². The van der Waals surface area contributed by atoms with Crippen molar-refractivity contribution in [3.63, 3.8) is 0 Å². The highest BCUT2D eigenvalue weighted by molar-refractivity contribution is 5.76. The third kappa shape index (κ3) is 6.94. The van der Waals surface area contributed by atoms with Gasteiger partial charge < -0.3 is 14.7 Å². The Balaban J connectivity index is 3.11. The number of carbonyl (C=O) groups excluding carboxylic acids is 1. The van der Waals surface area contributed by atoms with Crippen molar-refractivity contribution in [2.45, 2.75) is 51.9 Å². The van der Waals surface area contributed by atoms with E-state index in [1.165, 1.54) is 6.92 Å². The summed E-state index contributed by atoms with van der Waals surface area (Å²) in [6.07, 6.45) is -2.10. The van der Waals surface area contributed by atoms with Crippen molar-refractivity contribution < 1.29 is 32.6 Å². The van der Waals surface area contributed by atoms with E-state index < -0.39 is 23.8 Å². The van der Waals surface area contributed by atoms with Gasteiger partial charge in [0.25, 0.3) is 0 Å². The fourth-order valence-corrected chi connectivity index (χ4v) is 3.10. The summed E-state index contributed by atoms with van der Waals surface area (Å²) >= 11 is 0. The molecule has 1 N–H and O–H groups in total. The lowest BCUT2D eigenvalue weighted by atomic mass is 9.99. The summed E-state index contributed by atoms with van der Waals surface area (Å²) in [5, 5.41) is 9.43. The molecule has 1 rings (SSSR count). The van der Waals surface area contributed by atoms with Crippen molar-refractivity contribution in [1.29, 1.82) is 0 Å². The first-order valence-electron chi connectivity index (χ1n) is 9.18. The quantitative estimate of drug-likeness (QED) is 0.422. The third-order valence-electron chi connectivity index (χ3n) is 4.66. The zero-order valence-electron chi connectivity index (χ0n) is 16.7. The smallest absolute Gasteiger partial charge is 0.416 e. The lowest BCUT2D eigenvalue weighted by molar-refractivity contribution is -0.145. The normalized spacial score (nSPS) is 18.1. The molecule has 28 heavy (non-hydrogen) atoms. The average molecular weight is 406 g/mol. The van der Waals surface area contributed by atoms with E-state index in [-0.39, 0.29) is 36.8 Å². The number of rotatable bonds is 11. The SMILES string of the molecule is C/C=C(\C(=C/N(C=O)C(CC(C)C)C(=O)O)CCN1CC(OC)C1)C(F)(F)F. The molecule has 1 amide bonds. The van der Waals surface area contributed by atoms with Gasteiger partial charge in [-0.25, -0.2) is 4.79 Å². The molecule has 1 saturated heterocycles. The number of alkyl halides is 3. The van der Waals surface area contributed by atoms with Crippen molar-refractivity contribution in [3.8, 4) is 0 Å². The van der Waals surface area contributed by atoms with Gasteiger partial charge in [-0.3, -0.25) is 9.69 Å². The fraction of sp³-hybridized carbons (Fsp3) is 0.684. The van der Waals surface area contributed by atoms with Crippen LogP contribution in [0.5, 0.6) is 0 Å². The number of allylic oxidation sites excluding steroid dienone is 2. The van der Waals surface area contributed by atoms with Gasteiger partial charge in [0.15, 0.2) is 0 Å². The Labute approximate surface area is 163 Å². The van der Waals surface area contributed by atoms with E-state index in [4.69, 9.17) is 4.74 Å². The Hall–Kier alpha value is -1.87. The van der Waals surface area contributed by atoms with E-state index in [0.717, 1.165) is 17.2 Å². The molecule has 6 nitrogen and oxygen atoms in total. The molecule has 160 valence electrons. The number of amides is 1. The van der Waals surface area contributed by atoms with Crippen molar-refractivity contribution in [2.24, 2.45) is 5.92 Å². The zero-order chi connectivity index (χ0) is 21.5. The average Bonchev–Trinajstić information content (AvgIpc) is 2.54. The van der Waals surface area contributed by atoms with Crippen molar-refractivity contribution in [3.05, 3.63) is 23.4 Å². The molecule has 0 radical (unpaired) electrons. The first-order chi connectivity index (χ1) is 13.0. The standard InChI is InChI=1S/C19H29F3N2O4/c1-5-16(19(20,21)22)14(6-7-23-10-15(11-23)28-4)9-24(12-25)17(18(26)27)8-13(2)3/h5,9,12-13,15,17H,6-8,10-11H2,1-4H3,(H,26,27)/b14-9-,16-5+. The highest BCUT2D eigenvalue weighted by Crippen LogP contribution is 2.33. The largest absolute Gasteiger partial charge is 0.480 e. The van der Waals surface area contributed by atoms with Crippen LogP contribution in [0.4, 0.5) is 13.2 Å². The molecule has 1 aliphatic rings. The molecular formula is C19H29F3N2O4. The molecule has 0 aliphatic carbocycles. The number of nitrogens with zero attached hydrogens (tertiary/aromatic N) is 2. The number of hydrogen-bond donors (Lipinski definition) is 1. The zero-order valence-corrected chi connectivity index (χ0v) is 16.7. The monoisotopic (exact) mass is 406 g/mol. The maximum absolute atomic E-state index is 13.5. The fourth-order valence-electron chi connectivity index (χ4n) is 3.10. The first-order valence-corrected chi connectivity index (χ1v) is 9.18. The minimum atomic E-state index is -4.60. The van der Waals surface area contributed by atoms with Crippen LogP contribution < -0.4 is 0 Å². The van der Waals surface area contributed by atoms with Gasteiger partial charge >= 0.3 is 12.1 Å². The van der Waals surface area contributed by atoms with Crippen LogP contribution in [0.15, 0.2) is 23.4 Å². The van der Waals surface area contributed by atoms with Crippen molar-refractivity contribution >= 4 is 12.4 Å². The highest BCUT2D eigenvalue weighted by atomic mass is 19.4. The van der Waals surface area contributed by atoms with Gasteiger partial charge in [0.2, 0.25) is 6.41 Å². The van der Waals surface area contributed by atoms with E-state index >= 15 is 0 Å². The third-order valence-corrected chi connectivity index (χ3v) is 4.66. The minimum Gasteiger partial charge on any atom is -0.480 e. The number of carboxylic acid groups (broad SMARTS) is 1. The van der Waals surface area contributed by atoms with E-state index in [9.17, 15) is 27.9 Å². The number of carboxylic acids is 1. The topological polar surface area (TPSA) is 70.1 Å². The maximum Gasteiger partial charge on any atom is 0.416 e. The van der Waals surface area contributed by atoms with Crippen molar-refractivity contribution in [1.82, 2.24) is 9.80 Å². The Morgan fingerprint density at radius 1 is 1.36 bits per heavy atom. The second kappa shape index (κ2) is 10.6. The molecule has 1 fully saturated rings. The molecule has 1 unspecified atom stereocenters. The van der Waals surface area contributed by atoms with Crippen molar-refractivity contribution in [2.75, 3.05) is 26.7 Å². The summed E-state index contributed by atoms with van der Waals surface area (Å²) in [5.41, 5.74) is -0.977. The number of hydrogen-bond acceptors (Lipinski definition) is 4. The lowest BCUT2D eigenvalue weighted by Crippen LogP contribution is -2.51. The molecule has 1 heterocycles. The summed E-state index contributed by atoms with van der Waals surface area (Å²) in [4.78, 5) is 25.8. The van der Waals surface area contributed by atoms with E-state index in [1.54, 1.807) is 21.0 Å². The van der Waals surface area contributed by atoms with E-state index in [2.05, 4.69) is 0 Å². The molecule has 0 spiro atoms. The number of aliphatic carboxylic acids is 1. The molecule has 1 atom stereocenters. The molecule has 0 bridgehead atoms. The highest BCUT2D eigenvalue weighted by Gasteiger charge is 2.37. The van der Waals surface area contributed by atoms with Gasteiger partial charge in [0.05, 0.1) is 11.7 Å². The van der Waals surface area contributed by atoms with Gasteiger partial charge in [0.1, 0.15) is 6.04 Å². The van der Waals surface area contributed by atoms with Crippen LogP contribution in [0.1, 0.15) is 33.6 Å². The summed E-state index contributed by atoms with van der Waals surface area (Å²) in [5.74, 6) is -1.30. The summed E-state index contributed by atoms with van der Waals surface area (Å²) in [7, 11) is 1.58. The van der Waals surface area contributed by atoms with Crippen LogP contribution in [0.3, 0.4) is 0 Å². The number of likely N-dealkylation sites (tertiary alicyclic amines) is 1. The van der Waals surface area contributed by atoms with Crippen LogP contribution in [0, 0.1) is 5.92 Å². The lowest BCUT2D eigenvalue weighted by Gasteiger charge is -2.38. The van der Waals surface area contributed by atoms with Gasteiger partial charge in [-0.15, -0.1) is 0 Å². The Morgan fingerprint density at radius 3 is 2.36 bits per heavy atom. The minimum absolute atomic E-state index is 0.0357. The van der Waals surface area contributed by atoms with E-state index in [1.807, 2.05) is 4.90 Å². The molecule has 1 aliphatic heterocycles. The maximum atomic E-state index is 13.5. The van der Waals surface area contributed by atoms with Gasteiger partial charge in [-0.2, -0.15) is 13.2 Å². The summed E-state index contributed by atoms with van der Waals surface area (Å²) in [6, 6.07) is -1.22. The summed E-state index contributed by atoms with van der Waals surface area (Å²) < 4.78 is 45.6. The first kappa shape index (κ1) is 24.2. The van der Waals surface area contributed by atoms with Crippen LogP contribution >= 0.6 is 0 Å². The number of ether oxygens (including phenoxy) is 1. The van der Waals surface area contributed by atoms with Crippen LogP contribution in [0.2, 0.25) is 0 Å².